The Balaban J connectivity index is 1.63. The number of amides is 1. The fraction of sp³-hybridized carbons (Fsp3) is 0.286. The van der Waals surface area contributed by atoms with Gasteiger partial charge in [-0.05, 0) is 36.8 Å². The van der Waals surface area contributed by atoms with Crippen LogP contribution in [0.3, 0.4) is 0 Å². The molecule has 1 amide bonds. The highest BCUT2D eigenvalue weighted by atomic mass is 16.5. The Kier molecular flexibility index (Phi) is 5.93. The molecule has 146 valence electrons. The third-order valence-electron chi connectivity index (χ3n) is 4.52. The van der Waals surface area contributed by atoms with Crippen LogP contribution in [0.2, 0.25) is 0 Å². The van der Waals surface area contributed by atoms with Gasteiger partial charge >= 0.3 is 0 Å². The molecule has 7 heteroatoms. The molecule has 0 unspecified atom stereocenters. The standard InChI is InChI=1S/C21H23N3O4/c1-14-23-17-7-5-4-6-16(17)21(26)24(14)11-10-22-20(25)13-15-8-9-18(27-2)19(12-15)28-3/h4-9,12H,10-11,13H2,1-3H3,(H,22,25). The van der Waals surface area contributed by atoms with Crippen molar-refractivity contribution in [1.29, 1.82) is 0 Å². The van der Waals surface area contributed by atoms with Crippen LogP contribution in [-0.4, -0.2) is 36.2 Å². The van der Waals surface area contributed by atoms with Crippen LogP contribution in [0.1, 0.15) is 11.4 Å². The highest BCUT2D eigenvalue weighted by Crippen LogP contribution is 2.27. The molecule has 0 fully saturated rings. The zero-order valence-corrected chi connectivity index (χ0v) is 16.2. The van der Waals surface area contributed by atoms with Gasteiger partial charge in [-0.3, -0.25) is 14.2 Å². The predicted molar refractivity (Wildman–Crippen MR) is 107 cm³/mol. The summed E-state index contributed by atoms with van der Waals surface area (Å²) in [5, 5.41) is 3.42. The van der Waals surface area contributed by atoms with Gasteiger partial charge in [-0.2, -0.15) is 0 Å². The predicted octanol–water partition coefficient (Wildman–Crippen LogP) is 2.08. The zero-order chi connectivity index (χ0) is 20.1. The molecule has 1 aromatic heterocycles. The number of carbonyl (C=O) groups is 1. The molecule has 3 rings (SSSR count). The molecule has 28 heavy (non-hydrogen) atoms. The molecular weight excluding hydrogens is 358 g/mol. The van der Waals surface area contributed by atoms with E-state index in [2.05, 4.69) is 10.3 Å². The lowest BCUT2D eigenvalue weighted by molar-refractivity contribution is -0.120. The normalized spacial score (nSPS) is 10.7. The molecule has 0 bridgehead atoms. The second-order valence-electron chi connectivity index (χ2n) is 6.35. The van der Waals surface area contributed by atoms with Crippen molar-refractivity contribution in [2.24, 2.45) is 0 Å². The van der Waals surface area contributed by atoms with Gasteiger partial charge in [0.25, 0.3) is 5.56 Å². The Bertz CT molecular complexity index is 1060. The number of ether oxygens (including phenoxy) is 2. The fourth-order valence-corrected chi connectivity index (χ4v) is 3.09. The minimum absolute atomic E-state index is 0.0998. The molecule has 0 aliphatic rings. The van der Waals surface area contributed by atoms with Gasteiger partial charge in [0.15, 0.2) is 11.5 Å². The van der Waals surface area contributed by atoms with E-state index in [4.69, 9.17) is 9.47 Å². The fourth-order valence-electron chi connectivity index (χ4n) is 3.09. The summed E-state index contributed by atoms with van der Waals surface area (Å²) in [6.45, 7) is 2.49. The van der Waals surface area contributed by atoms with Gasteiger partial charge in [-0.1, -0.05) is 18.2 Å². The van der Waals surface area contributed by atoms with E-state index in [1.54, 1.807) is 43.9 Å². The number of hydrogen-bond acceptors (Lipinski definition) is 5. The van der Waals surface area contributed by atoms with E-state index >= 15 is 0 Å². The van der Waals surface area contributed by atoms with Crippen molar-refractivity contribution < 1.29 is 14.3 Å². The Morgan fingerprint density at radius 3 is 2.61 bits per heavy atom. The lowest BCUT2D eigenvalue weighted by Gasteiger charge is -2.12. The highest BCUT2D eigenvalue weighted by molar-refractivity contribution is 5.79. The molecule has 0 spiro atoms. The molecule has 7 nitrogen and oxygen atoms in total. The van der Waals surface area contributed by atoms with Gasteiger partial charge < -0.3 is 14.8 Å². The van der Waals surface area contributed by atoms with Crippen molar-refractivity contribution in [3.63, 3.8) is 0 Å². The number of para-hydroxylation sites is 1. The van der Waals surface area contributed by atoms with Crippen molar-refractivity contribution in [3.8, 4) is 11.5 Å². The van der Waals surface area contributed by atoms with Crippen LogP contribution in [0.15, 0.2) is 47.3 Å². The first-order valence-electron chi connectivity index (χ1n) is 8.97. The van der Waals surface area contributed by atoms with Crippen LogP contribution in [0.25, 0.3) is 10.9 Å². The van der Waals surface area contributed by atoms with E-state index in [9.17, 15) is 9.59 Å². The molecule has 0 aliphatic carbocycles. The first-order valence-corrected chi connectivity index (χ1v) is 8.97. The number of aromatic nitrogens is 2. The Morgan fingerprint density at radius 2 is 1.86 bits per heavy atom. The lowest BCUT2D eigenvalue weighted by Crippen LogP contribution is -2.33. The average Bonchev–Trinajstić information content (AvgIpc) is 2.70. The summed E-state index contributed by atoms with van der Waals surface area (Å²) in [5.74, 6) is 1.69. The first kappa shape index (κ1) is 19.4. The maximum absolute atomic E-state index is 12.6. The van der Waals surface area contributed by atoms with E-state index in [1.807, 2.05) is 24.3 Å². The number of aryl methyl sites for hydroxylation is 1. The van der Waals surface area contributed by atoms with E-state index < -0.39 is 0 Å². The third-order valence-corrected chi connectivity index (χ3v) is 4.52. The molecule has 1 heterocycles. The summed E-state index contributed by atoms with van der Waals surface area (Å²) in [4.78, 5) is 29.3. The lowest BCUT2D eigenvalue weighted by atomic mass is 10.1. The van der Waals surface area contributed by atoms with Crippen LogP contribution in [0, 0.1) is 6.92 Å². The van der Waals surface area contributed by atoms with Crippen LogP contribution < -0.4 is 20.3 Å². The van der Waals surface area contributed by atoms with Crippen LogP contribution >= 0.6 is 0 Å². The minimum Gasteiger partial charge on any atom is -0.493 e. The molecule has 0 saturated carbocycles. The van der Waals surface area contributed by atoms with Gasteiger partial charge in [0.2, 0.25) is 5.91 Å². The van der Waals surface area contributed by atoms with Crippen molar-refractivity contribution >= 4 is 16.8 Å². The molecule has 2 aromatic carbocycles. The summed E-state index contributed by atoms with van der Waals surface area (Å²) in [5.41, 5.74) is 1.40. The summed E-state index contributed by atoms with van der Waals surface area (Å²) in [6, 6.07) is 12.6. The van der Waals surface area contributed by atoms with Gasteiger partial charge in [0.05, 0.1) is 31.5 Å². The summed E-state index contributed by atoms with van der Waals surface area (Å²) in [7, 11) is 3.12. The first-order chi connectivity index (χ1) is 13.5. The number of rotatable bonds is 7. The molecular formula is C21H23N3O4. The molecule has 0 saturated heterocycles. The van der Waals surface area contributed by atoms with Crippen molar-refractivity contribution in [3.05, 3.63) is 64.2 Å². The Hall–Kier alpha value is -3.35. The van der Waals surface area contributed by atoms with E-state index in [0.29, 0.717) is 41.3 Å². The quantitative estimate of drug-likeness (QED) is 0.678. The summed E-state index contributed by atoms with van der Waals surface area (Å²) >= 11 is 0. The second-order valence-corrected chi connectivity index (χ2v) is 6.35. The molecule has 0 radical (unpaired) electrons. The molecule has 1 N–H and O–H groups in total. The molecule has 0 aliphatic heterocycles. The third kappa shape index (κ3) is 4.14. The topological polar surface area (TPSA) is 82.5 Å². The van der Waals surface area contributed by atoms with Gasteiger partial charge in [0.1, 0.15) is 5.82 Å². The number of carbonyl (C=O) groups excluding carboxylic acids is 1. The Labute approximate surface area is 162 Å². The van der Waals surface area contributed by atoms with E-state index in [0.717, 1.165) is 5.56 Å². The number of benzene rings is 2. The number of hydrogen-bond donors (Lipinski definition) is 1. The van der Waals surface area contributed by atoms with Crippen LogP contribution in [0.4, 0.5) is 0 Å². The van der Waals surface area contributed by atoms with Gasteiger partial charge in [-0.15, -0.1) is 0 Å². The number of methoxy groups -OCH3 is 2. The van der Waals surface area contributed by atoms with Crippen molar-refractivity contribution in [2.45, 2.75) is 19.9 Å². The number of nitrogens with zero attached hydrogens (tertiary/aromatic N) is 2. The van der Waals surface area contributed by atoms with E-state index in [1.165, 1.54) is 0 Å². The zero-order valence-electron chi connectivity index (χ0n) is 16.2. The molecule has 3 aromatic rings. The maximum Gasteiger partial charge on any atom is 0.261 e. The van der Waals surface area contributed by atoms with Crippen LogP contribution in [0.5, 0.6) is 11.5 Å². The van der Waals surface area contributed by atoms with E-state index in [-0.39, 0.29) is 17.9 Å². The smallest absolute Gasteiger partial charge is 0.261 e. The monoisotopic (exact) mass is 381 g/mol. The maximum atomic E-state index is 12.6. The van der Waals surface area contributed by atoms with Gasteiger partial charge in [-0.25, -0.2) is 4.98 Å². The minimum atomic E-state index is -0.133. The Morgan fingerprint density at radius 1 is 1.11 bits per heavy atom. The second kappa shape index (κ2) is 8.56. The number of nitrogens with one attached hydrogen (secondary N) is 1. The SMILES string of the molecule is COc1ccc(CC(=O)NCCn2c(C)nc3ccccc3c2=O)cc1OC. The van der Waals surface area contributed by atoms with Crippen molar-refractivity contribution in [1.82, 2.24) is 14.9 Å². The highest BCUT2D eigenvalue weighted by Gasteiger charge is 2.10. The molecule has 0 atom stereocenters. The largest absolute Gasteiger partial charge is 0.493 e. The van der Waals surface area contributed by atoms with Crippen molar-refractivity contribution in [2.75, 3.05) is 20.8 Å². The number of fused-ring (bicyclic) bond motifs is 1. The average molecular weight is 381 g/mol. The van der Waals surface area contributed by atoms with Gasteiger partial charge in [0, 0.05) is 13.1 Å². The summed E-state index contributed by atoms with van der Waals surface area (Å²) < 4.78 is 12.0. The van der Waals surface area contributed by atoms with Crippen LogP contribution in [-0.2, 0) is 17.8 Å². The summed E-state index contributed by atoms with van der Waals surface area (Å²) in [6.07, 6.45) is 0.213.